The molecule has 2 aromatic carbocycles. The van der Waals surface area contributed by atoms with Crippen LogP contribution >= 0.6 is 0 Å². The normalized spacial score (nSPS) is 20.1. The molecule has 2 unspecified atom stereocenters. The zero-order chi connectivity index (χ0) is 26.5. The maximum Gasteiger partial charge on any atom is 0.344 e. The van der Waals surface area contributed by atoms with Crippen LogP contribution in [0.3, 0.4) is 0 Å². The van der Waals surface area contributed by atoms with E-state index in [2.05, 4.69) is 9.80 Å². The van der Waals surface area contributed by atoms with Gasteiger partial charge in [0.15, 0.2) is 0 Å². The molecule has 1 N–H and O–H groups in total. The molecule has 2 aliphatic rings. The molecule has 3 aromatic rings. The van der Waals surface area contributed by atoms with E-state index in [4.69, 9.17) is 13.9 Å². The first-order valence-electron chi connectivity index (χ1n) is 14.0. The van der Waals surface area contributed by atoms with Crippen LogP contribution in [0.5, 0.6) is 11.5 Å². The van der Waals surface area contributed by atoms with Crippen molar-refractivity contribution >= 4 is 11.0 Å². The van der Waals surface area contributed by atoms with E-state index in [0.29, 0.717) is 41.8 Å². The monoisotopic (exact) mass is 520 g/mol. The van der Waals surface area contributed by atoms with E-state index in [0.717, 1.165) is 36.2 Å². The highest BCUT2D eigenvalue weighted by Crippen LogP contribution is 2.34. The second-order valence-electron chi connectivity index (χ2n) is 10.7. The highest BCUT2D eigenvalue weighted by Gasteiger charge is 2.34. The summed E-state index contributed by atoms with van der Waals surface area (Å²) in [6.45, 7) is 5.49. The van der Waals surface area contributed by atoms with Crippen LogP contribution < -0.4 is 10.4 Å². The number of phenols is 1. The number of methoxy groups -OCH3 is 2. The highest BCUT2D eigenvalue weighted by molar-refractivity contribution is 5.85. The summed E-state index contributed by atoms with van der Waals surface area (Å²) in [5.74, 6) is 1.50. The maximum atomic E-state index is 13.1. The molecular weight excluding hydrogens is 480 g/mol. The van der Waals surface area contributed by atoms with Gasteiger partial charge in [-0.15, -0.1) is 0 Å². The number of rotatable bonds is 10. The third kappa shape index (κ3) is 5.90. The SMILES string of the molecule is COCCCN(Cc1c(O)ccc2cc(-c3ccc(OC)cc3)c(=O)oc12)CC1CCCN2CCCCC12. The molecule has 5 rings (SSSR count). The Morgan fingerprint density at radius 2 is 1.87 bits per heavy atom. The van der Waals surface area contributed by atoms with Crippen LogP contribution in [0.2, 0.25) is 0 Å². The van der Waals surface area contributed by atoms with Gasteiger partial charge in [-0.3, -0.25) is 4.90 Å². The van der Waals surface area contributed by atoms with Crippen LogP contribution in [-0.4, -0.2) is 68.0 Å². The molecule has 2 atom stereocenters. The Hall–Kier alpha value is -2.87. The highest BCUT2D eigenvalue weighted by atomic mass is 16.5. The van der Waals surface area contributed by atoms with E-state index in [1.165, 1.54) is 45.2 Å². The Balaban J connectivity index is 1.43. The van der Waals surface area contributed by atoms with Gasteiger partial charge >= 0.3 is 5.63 Å². The Morgan fingerprint density at radius 3 is 2.66 bits per heavy atom. The summed E-state index contributed by atoms with van der Waals surface area (Å²) in [5, 5.41) is 11.7. The van der Waals surface area contributed by atoms with Crippen LogP contribution in [0, 0.1) is 5.92 Å². The van der Waals surface area contributed by atoms with Gasteiger partial charge in [-0.2, -0.15) is 0 Å². The van der Waals surface area contributed by atoms with Gasteiger partial charge < -0.3 is 23.9 Å². The number of benzene rings is 2. The topological polar surface area (TPSA) is 75.4 Å². The molecule has 2 aliphatic heterocycles. The van der Waals surface area contributed by atoms with Crippen molar-refractivity contribution in [3.63, 3.8) is 0 Å². The van der Waals surface area contributed by atoms with Crippen molar-refractivity contribution in [3.8, 4) is 22.6 Å². The number of aromatic hydroxyl groups is 1. The fourth-order valence-corrected chi connectivity index (χ4v) is 6.37. The number of phenolic OH excluding ortho intramolecular Hbond substituents is 1. The lowest BCUT2D eigenvalue weighted by molar-refractivity contribution is 0.0372. The largest absolute Gasteiger partial charge is 0.507 e. The fourth-order valence-electron chi connectivity index (χ4n) is 6.37. The van der Waals surface area contributed by atoms with Crippen LogP contribution in [0.4, 0.5) is 0 Å². The predicted molar refractivity (Wildman–Crippen MR) is 150 cm³/mol. The van der Waals surface area contributed by atoms with Crippen molar-refractivity contribution in [2.24, 2.45) is 5.92 Å². The molecule has 204 valence electrons. The van der Waals surface area contributed by atoms with Crippen molar-refractivity contribution in [3.05, 3.63) is 58.4 Å². The van der Waals surface area contributed by atoms with E-state index in [-0.39, 0.29) is 5.75 Å². The fraction of sp³-hybridized carbons (Fsp3) is 0.516. The number of hydrogen-bond donors (Lipinski definition) is 1. The minimum atomic E-state index is -0.412. The minimum absolute atomic E-state index is 0.164. The molecule has 7 heteroatoms. The van der Waals surface area contributed by atoms with Gasteiger partial charge in [0.05, 0.1) is 18.2 Å². The molecule has 0 amide bonds. The molecule has 7 nitrogen and oxygen atoms in total. The Labute approximate surface area is 225 Å². The first-order chi connectivity index (χ1) is 18.6. The number of hydrogen-bond acceptors (Lipinski definition) is 7. The molecule has 0 spiro atoms. The van der Waals surface area contributed by atoms with Gasteiger partial charge in [0.1, 0.15) is 17.1 Å². The average Bonchev–Trinajstić information content (AvgIpc) is 2.95. The zero-order valence-electron chi connectivity index (χ0n) is 22.7. The first kappa shape index (κ1) is 26.7. The average molecular weight is 521 g/mol. The molecule has 38 heavy (non-hydrogen) atoms. The lowest BCUT2D eigenvalue weighted by atomic mass is 9.83. The van der Waals surface area contributed by atoms with Crippen molar-refractivity contribution < 1.29 is 19.0 Å². The lowest BCUT2D eigenvalue weighted by Gasteiger charge is -2.45. The predicted octanol–water partition coefficient (Wildman–Crippen LogP) is 5.28. The molecular formula is C31H40N2O5. The van der Waals surface area contributed by atoms with Crippen molar-refractivity contribution in [2.45, 2.75) is 51.1 Å². The van der Waals surface area contributed by atoms with E-state index in [1.54, 1.807) is 20.3 Å². The van der Waals surface area contributed by atoms with E-state index in [9.17, 15) is 9.90 Å². The second kappa shape index (κ2) is 12.3. The maximum absolute atomic E-state index is 13.1. The summed E-state index contributed by atoms with van der Waals surface area (Å²) in [6.07, 6.45) is 7.29. The molecule has 0 aliphatic carbocycles. The van der Waals surface area contributed by atoms with Gasteiger partial charge in [0.25, 0.3) is 0 Å². The number of nitrogens with zero attached hydrogens (tertiary/aromatic N) is 2. The summed E-state index contributed by atoms with van der Waals surface area (Å²) in [4.78, 5) is 18.2. The molecule has 1 aromatic heterocycles. The summed E-state index contributed by atoms with van der Waals surface area (Å²) >= 11 is 0. The molecule has 0 saturated carbocycles. The van der Waals surface area contributed by atoms with Gasteiger partial charge in [-0.1, -0.05) is 18.6 Å². The van der Waals surface area contributed by atoms with Crippen LogP contribution in [0.15, 0.2) is 51.7 Å². The van der Waals surface area contributed by atoms with E-state index < -0.39 is 5.63 Å². The molecule has 3 heterocycles. The molecule has 0 radical (unpaired) electrons. The Kier molecular flexibility index (Phi) is 8.67. The molecule has 2 fully saturated rings. The van der Waals surface area contributed by atoms with Crippen molar-refractivity contribution in [1.29, 1.82) is 0 Å². The van der Waals surface area contributed by atoms with Crippen LogP contribution in [0.1, 0.15) is 44.1 Å². The third-order valence-corrected chi connectivity index (χ3v) is 8.31. The first-order valence-corrected chi connectivity index (χ1v) is 14.0. The van der Waals surface area contributed by atoms with Gasteiger partial charge in [-0.25, -0.2) is 4.79 Å². The smallest absolute Gasteiger partial charge is 0.344 e. The van der Waals surface area contributed by atoms with Crippen molar-refractivity contribution in [1.82, 2.24) is 9.80 Å². The number of piperidine rings is 2. The summed E-state index contributed by atoms with van der Waals surface area (Å²) in [7, 11) is 3.35. The second-order valence-corrected chi connectivity index (χ2v) is 10.7. The van der Waals surface area contributed by atoms with Crippen LogP contribution in [-0.2, 0) is 11.3 Å². The van der Waals surface area contributed by atoms with Gasteiger partial charge in [0.2, 0.25) is 0 Å². The minimum Gasteiger partial charge on any atom is -0.507 e. The van der Waals surface area contributed by atoms with E-state index in [1.807, 2.05) is 36.4 Å². The van der Waals surface area contributed by atoms with Gasteiger partial charge in [-0.05, 0) is 87.0 Å². The summed E-state index contributed by atoms with van der Waals surface area (Å²) < 4.78 is 16.5. The molecule has 0 bridgehead atoms. The standard InChI is InChI=1S/C31H40N2O5/c1-36-18-6-15-32(20-24-7-5-17-33-16-4-3-8-28(24)33)21-27-29(34)14-11-23-19-26(31(35)38-30(23)27)22-9-12-25(37-2)13-10-22/h9-14,19,24,28,34H,3-8,15-18,20-21H2,1-2H3. The lowest BCUT2D eigenvalue weighted by Crippen LogP contribution is -2.51. The van der Waals surface area contributed by atoms with Gasteiger partial charge in [0, 0.05) is 44.8 Å². The zero-order valence-corrected chi connectivity index (χ0v) is 22.7. The Morgan fingerprint density at radius 1 is 1.05 bits per heavy atom. The Bertz CT molecular complexity index is 1270. The van der Waals surface area contributed by atoms with Crippen molar-refractivity contribution in [2.75, 3.05) is 47.0 Å². The number of fused-ring (bicyclic) bond motifs is 2. The third-order valence-electron chi connectivity index (χ3n) is 8.31. The number of ether oxygens (including phenoxy) is 2. The summed E-state index contributed by atoms with van der Waals surface area (Å²) in [6, 6.07) is 13.4. The molecule has 2 saturated heterocycles. The summed E-state index contributed by atoms with van der Waals surface area (Å²) in [5.41, 5.74) is 1.99. The van der Waals surface area contributed by atoms with E-state index >= 15 is 0 Å². The quantitative estimate of drug-likeness (QED) is 0.288. The van der Waals surface area contributed by atoms with Crippen LogP contribution in [0.25, 0.3) is 22.1 Å².